The minimum atomic E-state index is 0.189. The van der Waals surface area contributed by atoms with Crippen LogP contribution in [-0.2, 0) is 4.79 Å². The van der Waals surface area contributed by atoms with Crippen molar-refractivity contribution in [2.45, 2.75) is 39.2 Å². The number of piperazine rings is 1. The summed E-state index contributed by atoms with van der Waals surface area (Å²) in [4.78, 5) is 17.1. The smallest absolute Gasteiger partial charge is 0.234 e. The average molecular weight is 360 g/mol. The normalized spacial score (nSPS) is 27.2. The fourth-order valence-corrected chi connectivity index (χ4v) is 4.20. The zero-order valence-corrected chi connectivity index (χ0v) is 16.4. The number of hydrogen-bond donors (Lipinski definition) is 1. The van der Waals surface area contributed by atoms with Gasteiger partial charge in [0.25, 0.3) is 0 Å². The molecule has 1 aromatic carbocycles. The van der Waals surface area contributed by atoms with Crippen molar-refractivity contribution in [1.82, 2.24) is 10.2 Å². The van der Waals surface area contributed by atoms with Gasteiger partial charge in [-0.15, -0.1) is 0 Å². The largest absolute Gasteiger partial charge is 0.497 e. The highest BCUT2D eigenvalue weighted by molar-refractivity contribution is 5.78. The number of rotatable bonds is 5. The van der Waals surface area contributed by atoms with Crippen molar-refractivity contribution < 1.29 is 9.53 Å². The van der Waals surface area contributed by atoms with E-state index in [2.05, 4.69) is 41.1 Å². The number of amides is 1. The van der Waals surface area contributed by atoms with Crippen LogP contribution < -0.4 is 15.0 Å². The summed E-state index contributed by atoms with van der Waals surface area (Å²) in [6, 6.07) is 8.56. The highest BCUT2D eigenvalue weighted by Gasteiger charge is 2.28. The van der Waals surface area contributed by atoms with Gasteiger partial charge in [-0.25, -0.2) is 0 Å². The van der Waals surface area contributed by atoms with E-state index in [0.29, 0.717) is 24.4 Å². The fourth-order valence-electron chi connectivity index (χ4n) is 4.20. The second kappa shape index (κ2) is 8.76. The molecule has 2 fully saturated rings. The van der Waals surface area contributed by atoms with Crippen LogP contribution in [0.25, 0.3) is 0 Å². The molecule has 2 aliphatic rings. The third kappa shape index (κ3) is 4.70. The van der Waals surface area contributed by atoms with Gasteiger partial charge < -0.3 is 15.0 Å². The molecule has 0 radical (unpaired) electrons. The maximum Gasteiger partial charge on any atom is 0.234 e. The molecular formula is C21H33N3O2. The van der Waals surface area contributed by atoms with Crippen molar-refractivity contribution in [3.63, 3.8) is 0 Å². The molecule has 1 heterocycles. The maximum absolute atomic E-state index is 12.5. The first kappa shape index (κ1) is 19.0. The Labute approximate surface area is 157 Å². The SMILES string of the molecule is COc1ccc(N2CCN(CC(=O)N[C@H]3CCC[C@@H](C)[C@H]3C)CC2)cc1. The lowest BCUT2D eigenvalue weighted by Crippen LogP contribution is -2.52. The van der Waals surface area contributed by atoms with Crippen LogP contribution in [0.15, 0.2) is 24.3 Å². The Morgan fingerprint density at radius 3 is 2.46 bits per heavy atom. The number of anilines is 1. The molecule has 0 bridgehead atoms. The van der Waals surface area contributed by atoms with Crippen LogP contribution in [-0.4, -0.2) is 56.7 Å². The number of carbonyl (C=O) groups is 1. The summed E-state index contributed by atoms with van der Waals surface area (Å²) >= 11 is 0. The molecule has 0 aromatic heterocycles. The van der Waals surface area contributed by atoms with Gasteiger partial charge in [0, 0.05) is 37.9 Å². The third-order valence-electron chi connectivity index (χ3n) is 6.23. The average Bonchev–Trinajstić information content (AvgIpc) is 2.66. The molecule has 1 N–H and O–H groups in total. The molecule has 1 aliphatic carbocycles. The summed E-state index contributed by atoms with van der Waals surface area (Å²) in [5, 5.41) is 3.29. The van der Waals surface area contributed by atoms with E-state index in [9.17, 15) is 4.79 Å². The molecule has 1 amide bonds. The predicted molar refractivity (Wildman–Crippen MR) is 106 cm³/mol. The molecule has 3 rings (SSSR count). The van der Waals surface area contributed by atoms with E-state index in [0.717, 1.165) is 38.3 Å². The first-order chi connectivity index (χ1) is 12.6. The Morgan fingerprint density at radius 2 is 1.81 bits per heavy atom. The standard InChI is InChI=1S/C21H33N3O2/c1-16-5-4-6-20(17(16)2)22-21(25)15-23-11-13-24(14-12-23)18-7-9-19(26-3)10-8-18/h7-10,16-17,20H,4-6,11-15H2,1-3H3,(H,22,25)/t16-,17-,20+/m1/s1. The number of nitrogens with one attached hydrogen (secondary N) is 1. The van der Waals surface area contributed by atoms with Gasteiger partial charge in [0.1, 0.15) is 5.75 Å². The molecule has 26 heavy (non-hydrogen) atoms. The van der Waals surface area contributed by atoms with E-state index in [-0.39, 0.29) is 5.91 Å². The van der Waals surface area contributed by atoms with Crippen LogP contribution in [0.5, 0.6) is 5.75 Å². The van der Waals surface area contributed by atoms with Gasteiger partial charge >= 0.3 is 0 Å². The van der Waals surface area contributed by atoms with E-state index in [4.69, 9.17) is 4.74 Å². The van der Waals surface area contributed by atoms with Crippen molar-refractivity contribution in [2.75, 3.05) is 44.7 Å². The Balaban J connectivity index is 1.43. The van der Waals surface area contributed by atoms with E-state index >= 15 is 0 Å². The van der Waals surface area contributed by atoms with Crippen molar-refractivity contribution in [2.24, 2.45) is 11.8 Å². The first-order valence-electron chi connectivity index (χ1n) is 9.97. The summed E-state index contributed by atoms with van der Waals surface area (Å²) in [7, 11) is 1.69. The number of carbonyl (C=O) groups excluding carboxylic acids is 1. The number of methoxy groups -OCH3 is 1. The van der Waals surface area contributed by atoms with Gasteiger partial charge in [-0.1, -0.05) is 26.7 Å². The summed E-state index contributed by atoms with van der Waals surface area (Å²) < 4.78 is 5.22. The topological polar surface area (TPSA) is 44.8 Å². The van der Waals surface area contributed by atoms with E-state index in [1.807, 2.05) is 12.1 Å². The molecule has 1 aromatic rings. The van der Waals surface area contributed by atoms with Gasteiger partial charge in [0.15, 0.2) is 0 Å². The van der Waals surface area contributed by atoms with E-state index < -0.39 is 0 Å². The number of benzene rings is 1. The number of hydrogen-bond acceptors (Lipinski definition) is 4. The lowest BCUT2D eigenvalue weighted by atomic mass is 9.78. The molecule has 1 saturated heterocycles. The lowest BCUT2D eigenvalue weighted by molar-refractivity contribution is -0.123. The summed E-state index contributed by atoms with van der Waals surface area (Å²) in [5.41, 5.74) is 1.22. The molecule has 0 unspecified atom stereocenters. The molecule has 1 saturated carbocycles. The molecule has 5 heteroatoms. The van der Waals surface area contributed by atoms with Gasteiger partial charge in [0.2, 0.25) is 5.91 Å². The Morgan fingerprint density at radius 1 is 1.12 bits per heavy atom. The summed E-state index contributed by atoms with van der Waals surface area (Å²) in [6.45, 7) is 8.87. The van der Waals surface area contributed by atoms with Gasteiger partial charge in [-0.05, 0) is 42.5 Å². The van der Waals surface area contributed by atoms with Crippen LogP contribution in [0.1, 0.15) is 33.1 Å². The zero-order valence-electron chi connectivity index (χ0n) is 16.4. The zero-order chi connectivity index (χ0) is 18.5. The van der Waals surface area contributed by atoms with Gasteiger partial charge in [-0.3, -0.25) is 9.69 Å². The summed E-state index contributed by atoms with van der Waals surface area (Å²) in [6.07, 6.45) is 3.65. The minimum Gasteiger partial charge on any atom is -0.497 e. The van der Waals surface area contributed by atoms with E-state index in [1.54, 1.807) is 7.11 Å². The van der Waals surface area contributed by atoms with Crippen molar-refractivity contribution in [1.29, 1.82) is 0 Å². The fraction of sp³-hybridized carbons (Fsp3) is 0.667. The monoisotopic (exact) mass is 359 g/mol. The Kier molecular flexibility index (Phi) is 6.41. The van der Waals surface area contributed by atoms with Gasteiger partial charge in [-0.2, -0.15) is 0 Å². The van der Waals surface area contributed by atoms with Crippen molar-refractivity contribution >= 4 is 11.6 Å². The maximum atomic E-state index is 12.5. The second-order valence-corrected chi connectivity index (χ2v) is 7.90. The van der Waals surface area contributed by atoms with Crippen LogP contribution in [0, 0.1) is 11.8 Å². The highest BCUT2D eigenvalue weighted by Crippen LogP contribution is 2.29. The van der Waals surface area contributed by atoms with E-state index in [1.165, 1.54) is 18.5 Å². The Hall–Kier alpha value is -1.75. The van der Waals surface area contributed by atoms with Crippen molar-refractivity contribution in [3.8, 4) is 5.75 Å². The number of ether oxygens (including phenoxy) is 1. The first-order valence-corrected chi connectivity index (χ1v) is 9.97. The molecule has 5 nitrogen and oxygen atoms in total. The predicted octanol–water partition coefficient (Wildman–Crippen LogP) is 2.76. The molecular weight excluding hydrogens is 326 g/mol. The summed E-state index contributed by atoms with van der Waals surface area (Å²) in [5.74, 6) is 2.37. The molecule has 1 aliphatic heterocycles. The molecule has 3 atom stereocenters. The van der Waals surface area contributed by atoms with Crippen LogP contribution in [0.3, 0.4) is 0 Å². The second-order valence-electron chi connectivity index (χ2n) is 7.90. The number of nitrogens with zero attached hydrogens (tertiary/aromatic N) is 2. The van der Waals surface area contributed by atoms with Crippen molar-refractivity contribution in [3.05, 3.63) is 24.3 Å². The molecule has 144 valence electrons. The lowest BCUT2D eigenvalue weighted by Gasteiger charge is -2.37. The van der Waals surface area contributed by atoms with Crippen LogP contribution in [0.2, 0.25) is 0 Å². The van der Waals surface area contributed by atoms with Crippen LogP contribution in [0.4, 0.5) is 5.69 Å². The minimum absolute atomic E-state index is 0.189. The third-order valence-corrected chi connectivity index (χ3v) is 6.23. The van der Waals surface area contributed by atoms with Gasteiger partial charge in [0.05, 0.1) is 13.7 Å². The Bertz CT molecular complexity index is 581. The van der Waals surface area contributed by atoms with Crippen LogP contribution >= 0.6 is 0 Å². The highest BCUT2D eigenvalue weighted by atomic mass is 16.5. The molecule has 0 spiro atoms. The quantitative estimate of drug-likeness (QED) is 0.878.